The first-order valence-electron chi connectivity index (χ1n) is 5.68. The molecule has 1 fully saturated rings. The zero-order valence-electron chi connectivity index (χ0n) is 10.3. The smallest absolute Gasteiger partial charge is 0.239 e. The van der Waals surface area contributed by atoms with E-state index in [4.69, 9.17) is 5.73 Å². The second kappa shape index (κ2) is 5.30. The number of carbonyl (C=O) groups excluding carboxylic acids is 2. The van der Waals surface area contributed by atoms with Crippen LogP contribution in [0.15, 0.2) is 0 Å². The normalized spacial score (nSPS) is 22.0. The number of nitrogens with two attached hydrogens (primary N) is 1. The van der Waals surface area contributed by atoms with Crippen molar-refractivity contribution in [2.45, 2.75) is 26.3 Å². The molecule has 0 aromatic rings. The van der Waals surface area contributed by atoms with Crippen molar-refractivity contribution in [1.82, 2.24) is 9.80 Å². The van der Waals surface area contributed by atoms with Crippen LogP contribution in [-0.4, -0.2) is 54.3 Å². The zero-order valence-corrected chi connectivity index (χ0v) is 10.3. The molecular formula is C11H21N3O2. The summed E-state index contributed by atoms with van der Waals surface area (Å²) >= 11 is 0. The van der Waals surface area contributed by atoms with Crippen molar-refractivity contribution in [3.05, 3.63) is 0 Å². The summed E-state index contributed by atoms with van der Waals surface area (Å²) in [5.41, 5.74) is 5.55. The maximum absolute atomic E-state index is 11.6. The van der Waals surface area contributed by atoms with Gasteiger partial charge in [-0.1, -0.05) is 0 Å². The summed E-state index contributed by atoms with van der Waals surface area (Å²) in [6.07, 6.45) is 0.954. The summed E-state index contributed by atoms with van der Waals surface area (Å²) < 4.78 is 0. The highest BCUT2D eigenvalue weighted by molar-refractivity contribution is 5.81. The topological polar surface area (TPSA) is 66.6 Å². The molecule has 1 aliphatic rings. The Morgan fingerprint density at radius 1 is 1.56 bits per heavy atom. The molecule has 1 saturated heterocycles. The van der Waals surface area contributed by atoms with Crippen molar-refractivity contribution in [3.63, 3.8) is 0 Å². The van der Waals surface area contributed by atoms with E-state index in [-0.39, 0.29) is 11.8 Å². The lowest BCUT2D eigenvalue weighted by Crippen LogP contribution is -2.41. The van der Waals surface area contributed by atoms with Crippen LogP contribution in [0.1, 0.15) is 20.3 Å². The molecule has 1 aliphatic heterocycles. The fourth-order valence-electron chi connectivity index (χ4n) is 1.99. The standard InChI is InChI=1S/C11H21N3O2/c1-8(12)11(16)14-5-4-10(7-14)6-13(3)9(2)15/h8,10H,4-7,12H2,1-3H3/t8-,10-/m0/s1. The van der Waals surface area contributed by atoms with Crippen LogP contribution < -0.4 is 5.73 Å². The minimum atomic E-state index is -0.427. The first-order valence-corrected chi connectivity index (χ1v) is 5.68. The van der Waals surface area contributed by atoms with E-state index in [1.807, 2.05) is 0 Å². The van der Waals surface area contributed by atoms with Crippen LogP contribution in [0.2, 0.25) is 0 Å². The van der Waals surface area contributed by atoms with Gasteiger partial charge in [0.15, 0.2) is 0 Å². The lowest BCUT2D eigenvalue weighted by atomic mass is 10.1. The van der Waals surface area contributed by atoms with Gasteiger partial charge in [-0.2, -0.15) is 0 Å². The average molecular weight is 227 g/mol. The number of nitrogens with zero attached hydrogens (tertiary/aromatic N) is 2. The maximum atomic E-state index is 11.6. The van der Waals surface area contributed by atoms with Gasteiger partial charge in [-0.15, -0.1) is 0 Å². The highest BCUT2D eigenvalue weighted by atomic mass is 16.2. The molecule has 5 nitrogen and oxygen atoms in total. The van der Waals surface area contributed by atoms with Crippen molar-refractivity contribution in [1.29, 1.82) is 0 Å². The summed E-state index contributed by atoms with van der Waals surface area (Å²) in [5.74, 6) is 0.460. The summed E-state index contributed by atoms with van der Waals surface area (Å²) in [6, 6.07) is -0.427. The molecule has 92 valence electrons. The van der Waals surface area contributed by atoms with Gasteiger partial charge in [-0.3, -0.25) is 9.59 Å². The molecule has 0 bridgehead atoms. The molecule has 2 amide bonds. The Labute approximate surface area is 96.6 Å². The van der Waals surface area contributed by atoms with Crippen LogP contribution in [0.3, 0.4) is 0 Å². The van der Waals surface area contributed by atoms with Crippen LogP contribution in [0.25, 0.3) is 0 Å². The van der Waals surface area contributed by atoms with E-state index in [1.165, 1.54) is 0 Å². The Kier molecular flexibility index (Phi) is 4.29. The van der Waals surface area contributed by atoms with Crippen molar-refractivity contribution < 1.29 is 9.59 Å². The van der Waals surface area contributed by atoms with Crippen molar-refractivity contribution >= 4 is 11.8 Å². The zero-order chi connectivity index (χ0) is 12.3. The van der Waals surface area contributed by atoms with Crippen molar-refractivity contribution in [2.75, 3.05) is 26.7 Å². The molecule has 0 aromatic heterocycles. The van der Waals surface area contributed by atoms with Crippen molar-refractivity contribution in [2.24, 2.45) is 11.7 Å². The second-order valence-corrected chi connectivity index (χ2v) is 4.63. The maximum Gasteiger partial charge on any atom is 0.239 e. The van der Waals surface area contributed by atoms with E-state index in [1.54, 1.807) is 30.7 Å². The third-order valence-electron chi connectivity index (χ3n) is 3.06. The van der Waals surface area contributed by atoms with Gasteiger partial charge in [0.1, 0.15) is 0 Å². The molecule has 2 N–H and O–H groups in total. The molecular weight excluding hydrogens is 206 g/mol. The van der Waals surface area contributed by atoms with E-state index >= 15 is 0 Å². The van der Waals surface area contributed by atoms with Gasteiger partial charge >= 0.3 is 0 Å². The van der Waals surface area contributed by atoms with Gasteiger partial charge in [-0.05, 0) is 19.3 Å². The van der Waals surface area contributed by atoms with Crippen LogP contribution in [-0.2, 0) is 9.59 Å². The molecule has 0 radical (unpaired) electrons. The van der Waals surface area contributed by atoms with Crippen LogP contribution >= 0.6 is 0 Å². The van der Waals surface area contributed by atoms with Gasteiger partial charge < -0.3 is 15.5 Å². The third-order valence-corrected chi connectivity index (χ3v) is 3.06. The number of rotatable bonds is 3. The predicted octanol–water partition coefficient (Wildman–Crippen LogP) is -0.340. The summed E-state index contributed by atoms with van der Waals surface area (Å²) in [6.45, 7) is 5.46. The Hall–Kier alpha value is -1.10. The van der Waals surface area contributed by atoms with E-state index in [2.05, 4.69) is 0 Å². The molecule has 2 atom stereocenters. The van der Waals surface area contributed by atoms with Gasteiger partial charge in [0.2, 0.25) is 11.8 Å². The third kappa shape index (κ3) is 3.20. The lowest BCUT2D eigenvalue weighted by molar-refractivity contribution is -0.131. The average Bonchev–Trinajstić information content (AvgIpc) is 2.64. The SMILES string of the molecule is CC(=O)N(C)C[C@@H]1CCN(C(=O)[C@H](C)N)C1. The Morgan fingerprint density at radius 3 is 2.69 bits per heavy atom. The number of hydrogen-bond donors (Lipinski definition) is 1. The Balaban J connectivity index is 2.41. The first kappa shape index (κ1) is 13.0. The van der Waals surface area contributed by atoms with Gasteiger partial charge in [0.05, 0.1) is 6.04 Å². The highest BCUT2D eigenvalue weighted by Gasteiger charge is 2.28. The monoisotopic (exact) mass is 227 g/mol. The summed E-state index contributed by atoms with van der Waals surface area (Å²) in [5, 5.41) is 0. The van der Waals surface area contributed by atoms with E-state index in [9.17, 15) is 9.59 Å². The molecule has 5 heteroatoms. The molecule has 0 spiro atoms. The summed E-state index contributed by atoms with van der Waals surface area (Å²) in [4.78, 5) is 26.2. The van der Waals surface area contributed by atoms with Crippen LogP contribution in [0.4, 0.5) is 0 Å². The number of carbonyl (C=O) groups is 2. The molecule has 0 unspecified atom stereocenters. The molecule has 0 aliphatic carbocycles. The number of likely N-dealkylation sites (tertiary alicyclic amines) is 1. The molecule has 1 heterocycles. The summed E-state index contributed by atoms with van der Waals surface area (Å²) in [7, 11) is 1.79. The Bertz CT molecular complexity index is 278. The van der Waals surface area contributed by atoms with E-state index in [0.717, 1.165) is 26.1 Å². The van der Waals surface area contributed by atoms with Gasteiger partial charge in [0.25, 0.3) is 0 Å². The van der Waals surface area contributed by atoms with Crippen LogP contribution in [0, 0.1) is 5.92 Å². The fourth-order valence-corrected chi connectivity index (χ4v) is 1.99. The first-order chi connectivity index (χ1) is 7.41. The quantitative estimate of drug-likeness (QED) is 0.717. The lowest BCUT2D eigenvalue weighted by Gasteiger charge is -2.21. The minimum Gasteiger partial charge on any atom is -0.346 e. The number of amides is 2. The van der Waals surface area contributed by atoms with Gasteiger partial charge in [0, 0.05) is 33.6 Å². The number of hydrogen-bond acceptors (Lipinski definition) is 3. The fraction of sp³-hybridized carbons (Fsp3) is 0.818. The molecule has 1 rings (SSSR count). The largest absolute Gasteiger partial charge is 0.346 e. The molecule has 16 heavy (non-hydrogen) atoms. The second-order valence-electron chi connectivity index (χ2n) is 4.63. The minimum absolute atomic E-state index is 0.00739. The Morgan fingerprint density at radius 2 is 2.19 bits per heavy atom. The van der Waals surface area contributed by atoms with E-state index < -0.39 is 6.04 Å². The van der Waals surface area contributed by atoms with E-state index in [0.29, 0.717) is 5.92 Å². The van der Waals surface area contributed by atoms with Crippen LogP contribution in [0.5, 0.6) is 0 Å². The molecule has 0 aromatic carbocycles. The predicted molar refractivity (Wildman–Crippen MR) is 61.6 cm³/mol. The van der Waals surface area contributed by atoms with Gasteiger partial charge in [-0.25, -0.2) is 0 Å². The molecule has 0 saturated carbocycles. The highest BCUT2D eigenvalue weighted by Crippen LogP contribution is 2.17. The van der Waals surface area contributed by atoms with Crippen molar-refractivity contribution in [3.8, 4) is 0 Å².